The summed E-state index contributed by atoms with van der Waals surface area (Å²) in [5.41, 5.74) is 7.39. The lowest BCUT2D eigenvalue weighted by Gasteiger charge is -2.18. The molecule has 300 valence electrons. The molecule has 0 saturated carbocycles. The summed E-state index contributed by atoms with van der Waals surface area (Å²) in [6.45, 7) is 12.8. The largest absolute Gasteiger partial charge is 0.463 e. The molecule has 0 unspecified atom stereocenters. The van der Waals surface area contributed by atoms with E-state index in [-0.39, 0.29) is 5.41 Å². The highest BCUT2D eigenvalue weighted by Gasteiger charge is 2.25. The van der Waals surface area contributed by atoms with E-state index in [1.165, 1.54) is 4.68 Å². The first-order valence-corrected chi connectivity index (χ1v) is 19.4. The van der Waals surface area contributed by atoms with Crippen molar-refractivity contribution in [1.29, 1.82) is 0 Å². The first-order chi connectivity index (χ1) is 27.5. The number of thiocarbonyl (C=S) groups is 2. The fourth-order valence-electron chi connectivity index (χ4n) is 5.50. The number of benzene rings is 4. The topological polar surface area (TPSA) is 147 Å². The van der Waals surface area contributed by atoms with Crippen LogP contribution < -0.4 is 21.3 Å². The Hall–Kier alpha value is -6.38. The van der Waals surface area contributed by atoms with Gasteiger partial charge >= 0.3 is 12.2 Å². The summed E-state index contributed by atoms with van der Waals surface area (Å²) in [6, 6.07) is 35.5. The summed E-state index contributed by atoms with van der Waals surface area (Å²) in [6.07, 6.45) is 3.24. The monoisotopic (exact) mass is 816 g/mol. The smallest absolute Gasteiger partial charge is 0.435 e. The molecule has 0 aliphatic carbocycles. The van der Waals surface area contributed by atoms with Crippen molar-refractivity contribution in [2.24, 2.45) is 0 Å². The number of carbonyl (C=O) groups excluding carboxylic acids is 1. The molecule has 0 aliphatic rings. The van der Waals surface area contributed by atoms with E-state index in [9.17, 15) is 14.7 Å². The van der Waals surface area contributed by atoms with E-state index in [4.69, 9.17) is 29.2 Å². The fraction of sp³-hybridized carbons (Fsp3) is 0.227. The number of nitrogens with zero attached hydrogens (tertiary/aromatic N) is 4. The van der Waals surface area contributed by atoms with Crippen molar-refractivity contribution < 1.29 is 19.4 Å². The van der Waals surface area contributed by atoms with E-state index < -0.39 is 17.8 Å². The molecule has 5 N–H and O–H groups in total. The van der Waals surface area contributed by atoms with Gasteiger partial charge in [0.2, 0.25) is 0 Å². The molecule has 0 radical (unpaired) electrons. The summed E-state index contributed by atoms with van der Waals surface area (Å²) in [7, 11) is 0. The van der Waals surface area contributed by atoms with Crippen molar-refractivity contribution in [2.45, 2.75) is 65.6 Å². The summed E-state index contributed by atoms with van der Waals surface area (Å²) < 4.78 is 7.49. The Kier molecular flexibility index (Phi) is 14.1. The molecule has 6 rings (SSSR count). The zero-order chi connectivity index (χ0) is 41.9. The van der Waals surface area contributed by atoms with Crippen molar-refractivity contribution in [3.8, 4) is 22.3 Å². The second-order valence-corrected chi connectivity index (χ2v) is 16.1. The highest BCUT2D eigenvalue weighted by molar-refractivity contribution is 7.80. The van der Waals surface area contributed by atoms with Crippen LogP contribution in [-0.2, 0) is 23.2 Å². The van der Waals surface area contributed by atoms with E-state index in [1.54, 1.807) is 18.6 Å². The molecule has 4 aromatic carbocycles. The molecular formula is C44H48N8O4S2. The molecule has 6 aromatic rings. The van der Waals surface area contributed by atoms with Gasteiger partial charge in [-0.1, -0.05) is 106 Å². The van der Waals surface area contributed by atoms with Crippen LogP contribution in [0.1, 0.15) is 58.4 Å². The molecule has 2 aromatic heterocycles. The summed E-state index contributed by atoms with van der Waals surface area (Å²) in [5, 5.41) is 31.4. The summed E-state index contributed by atoms with van der Waals surface area (Å²) in [5.74, 6) is 0. The number of ether oxygens (including phenoxy) is 1. The first kappa shape index (κ1) is 42.8. The number of carbonyl (C=O) groups is 2. The Balaban J connectivity index is 0.000000221. The first-order valence-electron chi connectivity index (χ1n) is 18.5. The van der Waals surface area contributed by atoms with Crippen molar-refractivity contribution in [2.75, 3.05) is 10.6 Å². The van der Waals surface area contributed by atoms with Gasteiger partial charge in [-0.3, -0.25) is 0 Å². The van der Waals surface area contributed by atoms with Crippen LogP contribution in [0.3, 0.4) is 0 Å². The SMILES string of the molecule is CC(C)(C)OC(=O)n1cc(-c2ccc(NC(=S)NCc3ccccc3)cc2)cn1.CC(C)(C)c1nn(C(=O)O)cc1-c1ccc(NC(=S)NCc2ccccc2)cc1. The van der Waals surface area contributed by atoms with E-state index in [0.717, 1.165) is 55.1 Å². The lowest BCUT2D eigenvalue weighted by Crippen LogP contribution is -2.27. The molecule has 12 nitrogen and oxygen atoms in total. The number of hydrogen-bond donors (Lipinski definition) is 5. The third kappa shape index (κ3) is 12.8. The third-order valence-corrected chi connectivity index (χ3v) is 8.80. The van der Waals surface area contributed by atoms with Crippen LogP contribution in [0.15, 0.2) is 128 Å². The molecule has 58 heavy (non-hydrogen) atoms. The number of anilines is 2. The van der Waals surface area contributed by atoms with Gasteiger partial charge < -0.3 is 31.1 Å². The van der Waals surface area contributed by atoms with Gasteiger partial charge in [-0.05, 0) is 91.7 Å². The minimum absolute atomic E-state index is 0.282. The van der Waals surface area contributed by atoms with Crippen LogP contribution in [0.2, 0.25) is 0 Å². The fourth-order valence-corrected chi connectivity index (χ4v) is 5.88. The van der Waals surface area contributed by atoms with Crippen LogP contribution in [0.25, 0.3) is 22.3 Å². The maximum absolute atomic E-state index is 12.1. The van der Waals surface area contributed by atoms with Gasteiger partial charge in [-0.2, -0.15) is 19.6 Å². The lowest BCUT2D eigenvalue weighted by atomic mass is 9.87. The molecule has 0 fully saturated rings. The number of hydrogen-bond acceptors (Lipinski definition) is 7. The van der Waals surface area contributed by atoms with E-state index in [1.807, 2.05) is 151 Å². The molecule has 0 bridgehead atoms. The number of rotatable bonds is 8. The van der Waals surface area contributed by atoms with Gasteiger partial charge in [0.05, 0.1) is 11.9 Å². The van der Waals surface area contributed by atoms with Crippen molar-refractivity contribution in [3.63, 3.8) is 0 Å². The molecule has 0 saturated heterocycles. The second kappa shape index (κ2) is 19.2. The van der Waals surface area contributed by atoms with E-state index in [2.05, 4.69) is 31.5 Å². The minimum atomic E-state index is -1.10. The van der Waals surface area contributed by atoms with Crippen LogP contribution in [0.5, 0.6) is 0 Å². The standard InChI is InChI=1S/2C22H24N4O2S/c1-22(2,3)28-21(27)26-15-18(14-24-26)17-9-11-19(12-10-17)25-20(29)23-13-16-7-5-4-6-8-16;1-22(2,3)19-18(14-26(25-19)21(27)28)16-9-11-17(12-10-16)24-20(29)23-13-15-7-5-4-6-8-15/h4-12,14-15H,13H2,1-3H3,(H2,23,25,29);4-12,14H,13H2,1-3H3,(H,27,28)(H2,23,24,29). The minimum Gasteiger partial charge on any atom is -0.463 e. The van der Waals surface area contributed by atoms with Crippen molar-refractivity contribution in [3.05, 3.63) is 145 Å². The Morgan fingerprint density at radius 3 is 1.59 bits per heavy atom. The molecule has 2 heterocycles. The Morgan fingerprint density at radius 2 is 1.14 bits per heavy atom. The average Bonchev–Trinajstić information content (AvgIpc) is 3.87. The van der Waals surface area contributed by atoms with Gasteiger partial charge in [0.15, 0.2) is 10.2 Å². The third-order valence-electron chi connectivity index (χ3n) is 8.31. The maximum Gasteiger partial charge on any atom is 0.435 e. The maximum atomic E-state index is 12.1. The quantitative estimate of drug-likeness (QED) is 0.0932. The van der Waals surface area contributed by atoms with Gasteiger partial charge in [-0.15, -0.1) is 0 Å². The Morgan fingerprint density at radius 1 is 0.655 bits per heavy atom. The van der Waals surface area contributed by atoms with Crippen molar-refractivity contribution >= 4 is 58.2 Å². The number of aromatic nitrogens is 4. The van der Waals surface area contributed by atoms with E-state index >= 15 is 0 Å². The number of carboxylic acid groups (broad SMARTS) is 1. The zero-order valence-electron chi connectivity index (χ0n) is 33.3. The van der Waals surface area contributed by atoms with Crippen LogP contribution in [0, 0.1) is 0 Å². The predicted molar refractivity (Wildman–Crippen MR) is 238 cm³/mol. The predicted octanol–water partition coefficient (Wildman–Crippen LogP) is 9.68. The zero-order valence-corrected chi connectivity index (χ0v) is 34.9. The van der Waals surface area contributed by atoms with Gasteiger partial charge in [0.25, 0.3) is 0 Å². The molecule has 0 spiro atoms. The van der Waals surface area contributed by atoms with Gasteiger partial charge in [0, 0.05) is 53.4 Å². The average molecular weight is 817 g/mol. The van der Waals surface area contributed by atoms with Crippen LogP contribution in [-0.4, -0.2) is 52.7 Å². The molecule has 0 amide bonds. The highest BCUT2D eigenvalue weighted by Crippen LogP contribution is 2.32. The van der Waals surface area contributed by atoms with Gasteiger partial charge in [-0.25, -0.2) is 9.59 Å². The molecule has 0 atom stereocenters. The molecule has 14 heteroatoms. The lowest BCUT2D eigenvalue weighted by molar-refractivity contribution is 0.0514. The molecular weight excluding hydrogens is 769 g/mol. The van der Waals surface area contributed by atoms with E-state index in [0.29, 0.717) is 23.3 Å². The van der Waals surface area contributed by atoms with Gasteiger partial charge in [0.1, 0.15) is 5.60 Å². The Labute approximate surface area is 349 Å². The summed E-state index contributed by atoms with van der Waals surface area (Å²) in [4.78, 5) is 23.4. The van der Waals surface area contributed by atoms with Crippen LogP contribution >= 0.6 is 24.4 Å². The summed E-state index contributed by atoms with van der Waals surface area (Å²) >= 11 is 10.7. The highest BCUT2D eigenvalue weighted by atomic mass is 32.1. The second-order valence-electron chi connectivity index (χ2n) is 15.3. The normalized spacial score (nSPS) is 11.1. The van der Waals surface area contributed by atoms with Crippen molar-refractivity contribution in [1.82, 2.24) is 30.2 Å². The molecule has 0 aliphatic heterocycles. The van der Waals surface area contributed by atoms with Crippen LogP contribution in [0.4, 0.5) is 21.0 Å². The number of nitrogens with one attached hydrogen (secondary N) is 4. The Bertz CT molecular complexity index is 2310.